The van der Waals surface area contributed by atoms with Crippen molar-refractivity contribution in [2.45, 2.75) is 25.6 Å². The lowest BCUT2D eigenvalue weighted by Crippen LogP contribution is -2.29. The summed E-state index contributed by atoms with van der Waals surface area (Å²) in [7, 11) is 0. The van der Waals surface area contributed by atoms with Crippen LogP contribution >= 0.6 is 0 Å². The third kappa shape index (κ3) is 2.44. The highest BCUT2D eigenvalue weighted by atomic mass is 16.5. The van der Waals surface area contributed by atoms with Crippen LogP contribution in [0.1, 0.15) is 25.5 Å². The van der Waals surface area contributed by atoms with Crippen LogP contribution in [0.25, 0.3) is 10.8 Å². The minimum Gasteiger partial charge on any atom is -0.505 e. The van der Waals surface area contributed by atoms with Gasteiger partial charge in [-0.15, -0.1) is 5.11 Å². The van der Waals surface area contributed by atoms with Crippen molar-refractivity contribution in [2.24, 2.45) is 10.2 Å². The average Bonchev–Trinajstić information content (AvgIpc) is 2.86. The molecule has 4 rings (SSSR count). The number of benzene rings is 3. The predicted molar refractivity (Wildman–Crippen MR) is 95.9 cm³/mol. The predicted octanol–water partition coefficient (Wildman–Crippen LogP) is 5.17. The average molecular weight is 334 g/mol. The third-order valence-corrected chi connectivity index (χ3v) is 4.47. The van der Waals surface area contributed by atoms with E-state index in [9.17, 15) is 10.2 Å². The molecule has 0 spiro atoms. The lowest BCUT2D eigenvalue weighted by molar-refractivity contribution is 0.000493. The van der Waals surface area contributed by atoms with Gasteiger partial charge in [0.1, 0.15) is 23.1 Å². The van der Waals surface area contributed by atoms with Crippen molar-refractivity contribution in [1.82, 2.24) is 0 Å². The Labute approximate surface area is 145 Å². The van der Waals surface area contributed by atoms with Crippen LogP contribution in [-0.2, 0) is 0 Å². The highest BCUT2D eigenvalue weighted by molar-refractivity contribution is 6.01. The summed E-state index contributed by atoms with van der Waals surface area (Å²) >= 11 is 0. The van der Waals surface area contributed by atoms with Crippen LogP contribution in [0, 0.1) is 0 Å². The molecule has 1 atom stereocenters. The Morgan fingerprint density at radius 2 is 1.56 bits per heavy atom. The molecule has 0 fully saturated rings. The second-order valence-electron chi connectivity index (χ2n) is 6.63. The highest BCUT2D eigenvalue weighted by Crippen LogP contribution is 2.55. The first-order chi connectivity index (χ1) is 12.0. The summed E-state index contributed by atoms with van der Waals surface area (Å²) in [6, 6.07) is 16.8. The summed E-state index contributed by atoms with van der Waals surface area (Å²) in [4.78, 5) is 0. The minimum atomic E-state index is -0.946. The molecule has 2 N–H and O–H groups in total. The van der Waals surface area contributed by atoms with Gasteiger partial charge >= 0.3 is 0 Å². The molecule has 0 aromatic heterocycles. The van der Waals surface area contributed by atoms with Crippen LogP contribution in [0.3, 0.4) is 0 Å². The van der Waals surface area contributed by atoms with E-state index in [1.54, 1.807) is 13.8 Å². The zero-order chi connectivity index (χ0) is 17.6. The van der Waals surface area contributed by atoms with Gasteiger partial charge < -0.3 is 14.9 Å². The molecular weight excluding hydrogens is 316 g/mol. The van der Waals surface area contributed by atoms with Crippen molar-refractivity contribution < 1.29 is 14.9 Å². The van der Waals surface area contributed by atoms with Crippen molar-refractivity contribution in [3.05, 3.63) is 60.2 Å². The van der Waals surface area contributed by atoms with Crippen molar-refractivity contribution in [2.75, 3.05) is 0 Å². The summed E-state index contributed by atoms with van der Waals surface area (Å²) < 4.78 is 5.94. The van der Waals surface area contributed by atoms with Crippen LogP contribution in [0.15, 0.2) is 64.8 Å². The second-order valence-corrected chi connectivity index (χ2v) is 6.63. The van der Waals surface area contributed by atoms with Gasteiger partial charge in [-0.2, -0.15) is 5.11 Å². The topological polar surface area (TPSA) is 74.4 Å². The molecule has 25 heavy (non-hydrogen) atoms. The lowest BCUT2D eigenvalue weighted by atomic mass is 9.94. The van der Waals surface area contributed by atoms with Gasteiger partial charge in [0.05, 0.1) is 11.3 Å². The molecule has 1 unspecified atom stereocenters. The number of nitrogens with zero attached hydrogens (tertiary/aromatic N) is 2. The zero-order valence-corrected chi connectivity index (χ0v) is 14.0. The summed E-state index contributed by atoms with van der Waals surface area (Å²) in [5.74, 6) is 0.413. The smallest absolute Gasteiger partial charge is 0.153 e. The Hall–Kier alpha value is -2.92. The molecule has 0 saturated carbocycles. The van der Waals surface area contributed by atoms with Gasteiger partial charge in [0.25, 0.3) is 0 Å². The van der Waals surface area contributed by atoms with Gasteiger partial charge in [-0.3, -0.25) is 0 Å². The first kappa shape index (κ1) is 15.6. The summed E-state index contributed by atoms with van der Waals surface area (Å²) in [6.45, 7) is 3.58. The van der Waals surface area contributed by atoms with E-state index in [2.05, 4.69) is 10.2 Å². The van der Waals surface area contributed by atoms with Gasteiger partial charge in [0, 0.05) is 10.8 Å². The maximum absolute atomic E-state index is 10.8. The molecule has 5 heteroatoms. The van der Waals surface area contributed by atoms with Crippen LogP contribution in [0.2, 0.25) is 0 Å². The van der Waals surface area contributed by atoms with E-state index in [1.165, 1.54) is 0 Å². The van der Waals surface area contributed by atoms with Gasteiger partial charge in [0.15, 0.2) is 5.75 Å². The Morgan fingerprint density at radius 1 is 0.920 bits per heavy atom. The summed E-state index contributed by atoms with van der Waals surface area (Å²) in [6.07, 6.45) is -0.946. The zero-order valence-electron chi connectivity index (χ0n) is 14.0. The first-order valence-corrected chi connectivity index (χ1v) is 8.10. The van der Waals surface area contributed by atoms with Crippen molar-refractivity contribution >= 4 is 22.1 Å². The largest absolute Gasteiger partial charge is 0.505 e. The number of phenols is 1. The van der Waals surface area contributed by atoms with Crippen LogP contribution in [0.4, 0.5) is 11.4 Å². The number of aromatic hydroxyl groups is 1. The number of azo groups is 1. The highest BCUT2D eigenvalue weighted by Gasteiger charge is 2.44. The second kappa shape index (κ2) is 5.57. The maximum atomic E-state index is 10.8. The minimum absolute atomic E-state index is 0.0912. The number of fused-ring (bicyclic) bond motifs is 3. The monoisotopic (exact) mass is 334 g/mol. The first-order valence-electron chi connectivity index (χ1n) is 8.10. The standard InChI is InChI=1S/C20H18N2O3/c1-20(2)19(24)15-17(23)16(22-21-12-8-4-3-5-9-12)13-10-6-7-11-14(13)18(15)25-20/h3-11,19,23-24H,1-2H3. The molecular formula is C20H18N2O3. The Bertz CT molecular complexity index is 981. The van der Waals surface area contributed by atoms with E-state index in [4.69, 9.17) is 4.74 Å². The van der Waals surface area contributed by atoms with E-state index < -0.39 is 11.7 Å². The number of aliphatic hydroxyl groups is 1. The third-order valence-electron chi connectivity index (χ3n) is 4.47. The molecule has 1 heterocycles. The Morgan fingerprint density at radius 3 is 2.28 bits per heavy atom. The molecule has 5 nitrogen and oxygen atoms in total. The van der Waals surface area contributed by atoms with E-state index in [0.717, 1.165) is 10.8 Å². The van der Waals surface area contributed by atoms with Crippen LogP contribution in [0.5, 0.6) is 11.5 Å². The van der Waals surface area contributed by atoms with Crippen LogP contribution < -0.4 is 4.74 Å². The summed E-state index contributed by atoms with van der Waals surface area (Å²) in [5.41, 5.74) is 0.561. The van der Waals surface area contributed by atoms with Gasteiger partial charge in [-0.1, -0.05) is 42.5 Å². The number of hydrogen-bond acceptors (Lipinski definition) is 5. The SMILES string of the molecule is CC1(C)Oc2c(c(O)c(N=Nc3ccccc3)c3ccccc23)C1O. The molecule has 0 bridgehead atoms. The van der Waals surface area contributed by atoms with Crippen molar-refractivity contribution in [3.8, 4) is 11.5 Å². The number of hydrogen-bond donors (Lipinski definition) is 2. The summed E-state index contributed by atoms with van der Waals surface area (Å²) in [5, 5.41) is 31.4. The fourth-order valence-corrected chi connectivity index (χ4v) is 3.13. The van der Waals surface area contributed by atoms with E-state index in [1.807, 2.05) is 54.6 Å². The molecule has 0 aliphatic carbocycles. The van der Waals surface area contributed by atoms with E-state index >= 15 is 0 Å². The van der Waals surface area contributed by atoms with Crippen molar-refractivity contribution in [1.29, 1.82) is 0 Å². The number of phenolic OH excluding ortho intramolecular Hbond substituents is 1. The lowest BCUT2D eigenvalue weighted by Gasteiger charge is -2.21. The molecule has 3 aromatic rings. The van der Waals surface area contributed by atoms with E-state index in [-0.39, 0.29) is 5.75 Å². The fraction of sp³-hybridized carbons (Fsp3) is 0.200. The van der Waals surface area contributed by atoms with Crippen LogP contribution in [-0.4, -0.2) is 15.8 Å². The molecule has 0 saturated heterocycles. The van der Waals surface area contributed by atoms with Gasteiger partial charge in [-0.05, 0) is 26.0 Å². The Kier molecular flexibility index (Phi) is 3.47. The molecule has 0 radical (unpaired) electrons. The fourth-order valence-electron chi connectivity index (χ4n) is 3.13. The van der Waals surface area contributed by atoms with E-state index in [0.29, 0.717) is 22.7 Å². The normalized spacial score (nSPS) is 18.4. The quantitative estimate of drug-likeness (QED) is 0.635. The molecule has 126 valence electrons. The number of aliphatic hydroxyl groups excluding tert-OH is 1. The Balaban J connectivity index is 1.96. The number of ether oxygens (including phenoxy) is 1. The molecule has 3 aromatic carbocycles. The van der Waals surface area contributed by atoms with Crippen molar-refractivity contribution in [3.63, 3.8) is 0 Å². The molecule has 1 aliphatic heterocycles. The number of rotatable bonds is 2. The maximum Gasteiger partial charge on any atom is 0.153 e. The van der Waals surface area contributed by atoms with Gasteiger partial charge in [0.2, 0.25) is 0 Å². The molecule has 1 aliphatic rings. The molecule has 0 amide bonds. The van der Waals surface area contributed by atoms with Gasteiger partial charge in [-0.25, -0.2) is 0 Å².